The Morgan fingerprint density at radius 2 is 2.50 bits per heavy atom. The molecule has 0 aromatic heterocycles. The first-order chi connectivity index (χ1) is 2.80. The Kier molecular flexibility index (Phi) is 1.34. The van der Waals surface area contributed by atoms with Gasteiger partial charge in [-0.05, 0) is 0 Å². The fraction of sp³-hybridized carbons (Fsp3) is 1.00. The lowest BCUT2D eigenvalue weighted by Gasteiger charge is -1.91. The number of hydrogen-bond donors (Lipinski definition) is 1. The van der Waals surface area contributed by atoms with E-state index in [0.717, 1.165) is 5.25 Å². The molecule has 0 saturated carbocycles. The first kappa shape index (κ1) is 4.85. The molecule has 2 unspecified atom stereocenters. The maximum absolute atomic E-state index is 4.23. The molecule has 0 nitrogen and oxygen atoms in total. The second-order valence-electron chi connectivity index (χ2n) is 1.61. The lowest BCUT2D eigenvalue weighted by Crippen LogP contribution is -1.97. The standard InChI is InChI=1S/C4H8S2/c1-3(5)4-2-6-4/h3-5H,2H2,1H3. The molecule has 1 aliphatic heterocycles. The van der Waals surface area contributed by atoms with E-state index in [1.807, 2.05) is 11.8 Å². The van der Waals surface area contributed by atoms with E-state index in [1.165, 1.54) is 5.75 Å². The molecule has 0 radical (unpaired) electrons. The molecule has 0 N–H and O–H groups in total. The third kappa shape index (κ3) is 1.09. The molecule has 1 heterocycles. The van der Waals surface area contributed by atoms with E-state index in [1.54, 1.807) is 0 Å². The number of thiol groups is 1. The van der Waals surface area contributed by atoms with Crippen molar-refractivity contribution < 1.29 is 0 Å². The predicted octanol–water partition coefficient (Wildman–Crippen LogP) is 1.42. The highest BCUT2D eigenvalue weighted by atomic mass is 32.2. The van der Waals surface area contributed by atoms with Gasteiger partial charge >= 0.3 is 0 Å². The summed E-state index contributed by atoms with van der Waals surface area (Å²) in [5, 5.41) is 1.50. The molecular weight excluding hydrogens is 112 g/mol. The van der Waals surface area contributed by atoms with Gasteiger partial charge in [0, 0.05) is 16.3 Å². The Bertz CT molecular complexity index is 47.5. The molecule has 1 saturated heterocycles. The van der Waals surface area contributed by atoms with Gasteiger partial charge in [-0.25, -0.2) is 0 Å². The molecule has 6 heavy (non-hydrogen) atoms. The Labute approximate surface area is 48.1 Å². The van der Waals surface area contributed by atoms with Gasteiger partial charge in [0.1, 0.15) is 0 Å². The SMILES string of the molecule is CC(S)C1CS1. The van der Waals surface area contributed by atoms with E-state index in [9.17, 15) is 0 Å². The minimum atomic E-state index is 0.620. The minimum absolute atomic E-state index is 0.620. The summed E-state index contributed by atoms with van der Waals surface area (Å²) in [7, 11) is 0. The lowest BCUT2D eigenvalue weighted by molar-refractivity contribution is 1.01. The number of rotatable bonds is 1. The van der Waals surface area contributed by atoms with Gasteiger partial charge in [-0.2, -0.15) is 24.4 Å². The molecule has 2 atom stereocenters. The van der Waals surface area contributed by atoms with Crippen molar-refractivity contribution in [3.05, 3.63) is 0 Å². The molecule has 1 fully saturated rings. The van der Waals surface area contributed by atoms with Crippen LogP contribution < -0.4 is 0 Å². The van der Waals surface area contributed by atoms with Crippen molar-refractivity contribution >= 4 is 24.4 Å². The first-order valence-electron chi connectivity index (χ1n) is 2.10. The van der Waals surface area contributed by atoms with Gasteiger partial charge < -0.3 is 0 Å². The van der Waals surface area contributed by atoms with Crippen LogP contribution in [0.5, 0.6) is 0 Å². The van der Waals surface area contributed by atoms with Crippen LogP contribution in [0.1, 0.15) is 6.92 Å². The molecule has 0 aromatic carbocycles. The van der Waals surface area contributed by atoms with Crippen LogP contribution in [0.4, 0.5) is 0 Å². The summed E-state index contributed by atoms with van der Waals surface area (Å²) < 4.78 is 0. The van der Waals surface area contributed by atoms with Crippen LogP contribution in [0, 0.1) is 0 Å². The van der Waals surface area contributed by atoms with Crippen LogP contribution >= 0.6 is 24.4 Å². The van der Waals surface area contributed by atoms with Crippen LogP contribution in [0.2, 0.25) is 0 Å². The van der Waals surface area contributed by atoms with Gasteiger partial charge in [-0.15, -0.1) is 0 Å². The zero-order chi connectivity index (χ0) is 4.57. The third-order valence-electron chi connectivity index (χ3n) is 0.897. The van der Waals surface area contributed by atoms with E-state index in [4.69, 9.17) is 0 Å². The van der Waals surface area contributed by atoms with Gasteiger partial charge in [0.25, 0.3) is 0 Å². The summed E-state index contributed by atoms with van der Waals surface area (Å²) in [6, 6.07) is 0. The quantitative estimate of drug-likeness (QED) is 0.403. The summed E-state index contributed by atoms with van der Waals surface area (Å²) in [4.78, 5) is 0. The summed E-state index contributed by atoms with van der Waals surface area (Å²) in [5.74, 6) is 1.34. The van der Waals surface area contributed by atoms with Crippen LogP contribution in [0.3, 0.4) is 0 Å². The van der Waals surface area contributed by atoms with Crippen molar-refractivity contribution in [1.82, 2.24) is 0 Å². The predicted molar refractivity (Wildman–Crippen MR) is 34.7 cm³/mol. The van der Waals surface area contributed by atoms with Crippen LogP contribution in [0.15, 0.2) is 0 Å². The van der Waals surface area contributed by atoms with Gasteiger partial charge in [-0.1, -0.05) is 6.92 Å². The second-order valence-corrected chi connectivity index (χ2v) is 3.70. The normalized spacial score (nSPS) is 36.0. The highest BCUT2D eigenvalue weighted by Gasteiger charge is 2.25. The fourth-order valence-corrected chi connectivity index (χ4v) is 1.52. The Morgan fingerprint density at radius 1 is 2.00 bits per heavy atom. The first-order valence-corrected chi connectivity index (χ1v) is 3.67. The average Bonchev–Trinajstić information content (AvgIpc) is 2.06. The van der Waals surface area contributed by atoms with Gasteiger partial charge in [0.05, 0.1) is 0 Å². The van der Waals surface area contributed by atoms with E-state index in [0.29, 0.717) is 5.25 Å². The van der Waals surface area contributed by atoms with E-state index in [-0.39, 0.29) is 0 Å². The molecule has 0 amide bonds. The van der Waals surface area contributed by atoms with Gasteiger partial charge in [0.15, 0.2) is 0 Å². The zero-order valence-electron chi connectivity index (χ0n) is 3.72. The molecule has 36 valence electrons. The highest BCUT2D eigenvalue weighted by molar-refractivity contribution is 8.07. The van der Waals surface area contributed by atoms with Crippen molar-refractivity contribution in [3.63, 3.8) is 0 Å². The highest BCUT2D eigenvalue weighted by Crippen LogP contribution is 2.34. The molecule has 0 spiro atoms. The third-order valence-corrected chi connectivity index (χ3v) is 2.59. The topological polar surface area (TPSA) is 0 Å². The monoisotopic (exact) mass is 120 g/mol. The number of hydrogen-bond acceptors (Lipinski definition) is 2. The molecule has 0 aromatic rings. The van der Waals surface area contributed by atoms with Crippen LogP contribution in [0.25, 0.3) is 0 Å². The van der Waals surface area contributed by atoms with E-state index >= 15 is 0 Å². The molecular formula is C4H8S2. The molecule has 1 aliphatic rings. The largest absolute Gasteiger partial charge is 0.175 e. The van der Waals surface area contributed by atoms with E-state index in [2.05, 4.69) is 19.6 Å². The van der Waals surface area contributed by atoms with Crippen molar-refractivity contribution in [2.75, 3.05) is 5.75 Å². The maximum Gasteiger partial charge on any atom is 0.0252 e. The van der Waals surface area contributed by atoms with Crippen molar-refractivity contribution in [2.24, 2.45) is 0 Å². The van der Waals surface area contributed by atoms with Gasteiger partial charge in [0.2, 0.25) is 0 Å². The average molecular weight is 120 g/mol. The summed E-state index contributed by atoms with van der Waals surface area (Å²) in [6.45, 7) is 2.15. The van der Waals surface area contributed by atoms with Crippen molar-refractivity contribution in [1.29, 1.82) is 0 Å². The number of thioether (sulfide) groups is 1. The van der Waals surface area contributed by atoms with Crippen LogP contribution in [-0.4, -0.2) is 16.3 Å². The summed E-state index contributed by atoms with van der Waals surface area (Å²) >= 11 is 6.23. The summed E-state index contributed by atoms with van der Waals surface area (Å²) in [6.07, 6.45) is 0. The van der Waals surface area contributed by atoms with Crippen molar-refractivity contribution in [3.8, 4) is 0 Å². The minimum Gasteiger partial charge on any atom is -0.175 e. The molecule has 0 aliphatic carbocycles. The lowest BCUT2D eigenvalue weighted by atomic mass is 10.4. The van der Waals surface area contributed by atoms with Gasteiger partial charge in [-0.3, -0.25) is 0 Å². The van der Waals surface area contributed by atoms with Crippen molar-refractivity contribution in [2.45, 2.75) is 17.4 Å². The smallest absolute Gasteiger partial charge is 0.0252 e. The Balaban J connectivity index is 2.13. The van der Waals surface area contributed by atoms with Crippen LogP contribution in [-0.2, 0) is 0 Å². The molecule has 0 bridgehead atoms. The molecule has 2 heteroatoms. The Hall–Kier alpha value is 0.700. The maximum atomic E-state index is 4.23. The van der Waals surface area contributed by atoms with E-state index < -0.39 is 0 Å². The summed E-state index contributed by atoms with van der Waals surface area (Å²) in [5.41, 5.74) is 0. The fourth-order valence-electron chi connectivity index (χ4n) is 0.334. The second kappa shape index (κ2) is 1.66. The zero-order valence-corrected chi connectivity index (χ0v) is 5.43. The Morgan fingerprint density at radius 3 is 2.50 bits per heavy atom. The molecule has 1 rings (SSSR count).